The van der Waals surface area contributed by atoms with Crippen molar-refractivity contribution in [1.82, 2.24) is 0 Å². The van der Waals surface area contributed by atoms with Crippen LogP contribution in [0.3, 0.4) is 0 Å². The van der Waals surface area contributed by atoms with Crippen LogP contribution in [0.5, 0.6) is 11.5 Å². The lowest BCUT2D eigenvalue weighted by molar-refractivity contribution is 0.101. The van der Waals surface area contributed by atoms with Crippen LogP contribution >= 0.6 is 11.6 Å². The smallest absolute Gasteiger partial charge is 0.231 e. The molecular weight excluding hydrogens is 355 g/mol. The van der Waals surface area contributed by atoms with Gasteiger partial charge in [-0.1, -0.05) is 23.2 Å². The van der Waals surface area contributed by atoms with Crippen LogP contribution in [0.25, 0.3) is 6.08 Å². The fraction of sp³-hybridized carbons (Fsp3) is 0.190. The Hall–Kier alpha value is -2.59. The summed E-state index contributed by atoms with van der Waals surface area (Å²) >= 11 is 6.03. The molecule has 0 fully saturated rings. The van der Waals surface area contributed by atoms with Crippen molar-refractivity contribution in [3.05, 3.63) is 75.3 Å². The summed E-state index contributed by atoms with van der Waals surface area (Å²) in [6.07, 6.45) is 3.30. The van der Waals surface area contributed by atoms with Crippen LogP contribution in [-0.4, -0.2) is 12.4 Å². The fourth-order valence-corrected chi connectivity index (χ4v) is 2.82. The van der Waals surface area contributed by atoms with E-state index in [1.54, 1.807) is 18.2 Å². The summed E-state index contributed by atoms with van der Waals surface area (Å²) in [7, 11) is 0. The predicted molar refractivity (Wildman–Crippen MR) is 100 cm³/mol. The molecule has 0 radical (unpaired) electrons. The van der Waals surface area contributed by atoms with Gasteiger partial charge in [0.15, 0.2) is 5.76 Å². The van der Waals surface area contributed by atoms with Crippen molar-refractivity contribution in [1.29, 1.82) is 0 Å². The molecule has 1 aliphatic rings. The summed E-state index contributed by atoms with van der Waals surface area (Å²) < 4.78 is 25.4. The lowest BCUT2D eigenvalue weighted by Crippen LogP contribution is -1.99. The van der Waals surface area contributed by atoms with E-state index >= 15 is 0 Å². The predicted octanol–water partition coefficient (Wildman–Crippen LogP) is 5.75. The SMILES string of the molecule is CC(C)=CCOc1ccc2c(c1C)O/C(=C\c1c(F)cccc1Cl)C2=O. The highest BCUT2D eigenvalue weighted by atomic mass is 35.5. The van der Waals surface area contributed by atoms with E-state index in [1.807, 2.05) is 26.8 Å². The van der Waals surface area contributed by atoms with Crippen molar-refractivity contribution < 1.29 is 18.7 Å². The highest BCUT2D eigenvalue weighted by Crippen LogP contribution is 2.39. The zero-order valence-corrected chi connectivity index (χ0v) is 15.5. The number of Topliss-reactive ketones (excluding diaryl/α,β-unsaturated/α-hetero) is 1. The monoisotopic (exact) mass is 372 g/mol. The van der Waals surface area contributed by atoms with Crippen LogP contribution < -0.4 is 9.47 Å². The van der Waals surface area contributed by atoms with Gasteiger partial charge in [0, 0.05) is 11.1 Å². The Labute approximate surface area is 156 Å². The molecule has 0 unspecified atom stereocenters. The van der Waals surface area contributed by atoms with Gasteiger partial charge in [-0.3, -0.25) is 4.79 Å². The quantitative estimate of drug-likeness (QED) is 0.506. The molecule has 134 valence electrons. The minimum absolute atomic E-state index is 0.0385. The molecule has 1 aliphatic heterocycles. The molecule has 3 nitrogen and oxygen atoms in total. The second-order valence-electron chi connectivity index (χ2n) is 6.23. The summed E-state index contributed by atoms with van der Waals surface area (Å²) in [4.78, 5) is 12.6. The standard InChI is InChI=1S/C21H18ClFO3/c1-12(2)9-10-25-18-8-7-14-20(24)19(26-21(14)13(18)3)11-15-16(22)5-4-6-17(15)23/h4-9,11H,10H2,1-3H3/b19-11-. The van der Waals surface area contributed by atoms with Crippen LogP contribution in [0.1, 0.15) is 35.3 Å². The van der Waals surface area contributed by atoms with Crippen molar-refractivity contribution in [3.8, 4) is 11.5 Å². The Morgan fingerprint density at radius 1 is 1.27 bits per heavy atom. The number of carbonyl (C=O) groups is 1. The number of hydrogen-bond acceptors (Lipinski definition) is 3. The van der Waals surface area contributed by atoms with Crippen molar-refractivity contribution in [2.45, 2.75) is 20.8 Å². The van der Waals surface area contributed by atoms with E-state index in [4.69, 9.17) is 21.1 Å². The third-order valence-electron chi connectivity index (χ3n) is 4.04. The Kier molecular flexibility index (Phi) is 5.14. The number of fused-ring (bicyclic) bond motifs is 1. The molecule has 0 aromatic heterocycles. The summed E-state index contributed by atoms with van der Waals surface area (Å²) in [6, 6.07) is 7.75. The molecule has 2 aromatic carbocycles. The summed E-state index contributed by atoms with van der Waals surface area (Å²) in [5.74, 6) is 0.289. The normalized spacial score (nSPS) is 14.2. The van der Waals surface area contributed by atoms with Gasteiger partial charge in [0.25, 0.3) is 0 Å². The van der Waals surface area contributed by atoms with Crippen LogP contribution in [0, 0.1) is 12.7 Å². The lowest BCUT2D eigenvalue weighted by Gasteiger charge is -2.10. The first kappa shape index (κ1) is 18.2. The second kappa shape index (κ2) is 7.34. The number of allylic oxidation sites excluding steroid dienone is 2. The minimum atomic E-state index is -0.514. The van der Waals surface area contributed by atoms with E-state index in [0.29, 0.717) is 23.7 Å². The number of ketones is 1. The van der Waals surface area contributed by atoms with Gasteiger partial charge in [0.1, 0.15) is 23.9 Å². The van der Waals surface area contributed by atoms with Crippen LogP contribution in [0.4, 0.5) is 4.39 Å². The highest BCUT2D eigenvalue weighted by Gasteiger charge is 2.30. The Morgan fingerprint density at radius 2 is 2.04 bits per heavy atom. The fourth-order valence-electron chi connectivity index (χ4n) is 2.60. The number of ether oxygens (including phenoxy) is 2. The topological polar surface area (TPSA) is 35.5 Å². The van der Waals surface area contributed by atoms with E-state index in [1.165, 1.54) is 18.2 Å². The first-order valence-electron chi connectivity index (χ1n) is 8.16. The minimum Gasteiger partial charge on any atom is -0.489 e. The maximum atomic E-state index is 14.0. The van der Waals surface area contributed by atoms with E-state index in [9.17, 15) is 9.18 Å². The number of rotatable bonds is 4. The van der Waals surface area contributed by atoms with Gasteiger partial charge in [-0.15, -0.1) is 0 Å². The molecule has 0 N–H and O–H groups in total. The number of hydrogen-bond donors (Lipinski definition) is 0. The molecule has 5 heteroatoms. The molecule has 1 heterocycles. The largest absolute Gasteiger partial charge is 0.489 e. The van der Waals surface area contributed by atoms with E-state index in [0.717, 1.165) is 11.1 Å². The first-order valence-corrected chi connectivity index (χ1v) is 8.54. The van der Waals surface area contributed by atoms with Crippen molar-refractivity contribution >= 4 is 23.5 Å². The molecule has 0 amide bonds. The summed E-state index contributed by atoms with van der Waals surface area (Å²) in [5.41, 5.74) is 2.43. The molecule has 0 spiro atoms. The molecule has 0 atom stereocenters. The van der Waals surface area contributed by atoms with Crippen molar-refractivity contribution in [3.63, 3.8) is 0 Å². The molecular formula is C21H18ClFO3. The summed E-state index contributed by atoms with van der Waals surface area (Å²) in [6.45, 7) is 6.24. The Balaban J connectivity index is 1.93. The van der Waals surface area contributed by atoms with Gasteiger partial charge in [-0.25, -0.2) is 4.39 Å². The molecule has 0 saturated heterocycles. The van der Waals surface area contributed by atoms with Gasteiger partial charge in [-0.05, 0) is 57.2 Å². The maximum Gasteiger partial charge on any atom is 0.231 e. The van der Waals surface area contributed by atoms with Crippen LogP contribution in [0.2, 0.25) is 5.02 Å². The third-order valence-corrected chi connectivity index (χ3v) is 4.37. The highest BCUT2D eigenvalue weighted by molar-refractivity contribution is 6.32. The Morgan fingerprint density at radius 3 is 2.73 bits per heavy atom. The summed E-state index contributed by atoms with van der Waals surface area (Å²) in [5, 5.41) is 0.215. The van der Waals surface area contributed by atoms with Gasteiger partial charge in [0.2, 0.25) is 5.78 Å². The molecule has 0 saturated carbocycles. The molecule has 0 bridgehead atoms. The van der Waals surface area contributed by atoms with Crippen LogP contribution in [-0.2, 0) is 0 Å². The van der Waals surface area contributed by atoms with Gasteiger partial charge in [-0.2, -0.15) is 0 Å². The molecule has 2 aromatic rings. The second-order valence-corrected chi connectivity index (χ2v) is 6.64. The van der Waals surface area contributed by atoms with Crippen molar-refractivity contribution in [2.24, 2.45) is 0 Å². The van der Waals surface area contributed by atoms with Crippen molar-refractivity contribution in [2.75, 3.05) is 6.61 Å². The van der Waals surface area contributed by atoms with Gasteiger partial charge in [0.05, 0.1) is 10.6 Å². The zero-order valence-electron chi connectivity index (χ0n) is 14.7. The molecule has 26 heavy (non-hydrogen) atoms. The zero-order chi connectivity index (χ0) is 18.8. The average molecular weight is 373 g/mol. The lowest BCUT2D eigenvalue weighted by atomic mass is 10.1. The maximum absolute atomic E-state index is 14.0. The third kappa shape index (κ3) is 3.51. The van der Waals surface area contributed by atoms with Crippen LogP contribution in [0.15, 0.2) is 47.7 Å². The van der Waals surface area contributed by atoms with Gasteiger partial charge < -0.3 is 9.47 Å². The number of benzene rings is 2. The van der Waals surface area contributed by atoms with Gasteiger partial charge >= 0.3 is 0 Å². The number of halogens is 2. The van der Waals surface area contributed by atoms with E-state index < -0.39 is 5.82 Å². The van der Waals surface area contributed by atoms with E-state index in [2.05, 4.69) is 0 Å². The van der Waals surface area contributed by atoms with E-state index in [-0.39, 0.29) is 22.1 Å². The molecule has 3 rings (SSSR count). The molecule has 0 aliphatic carbocycles. The first-order chi connectivity index (χ1) is 12.4. The number of carbonyl (C=O) groups excluding carboxylic acids is 1. The Bertz CT molecular complexity index is 920. The average Bonchev–Trinajstić information content (AvgIpc) is 2.90.